The third-order valence-electron chi connectivity index (χ3n) is 4.41. The van der Waals surface area contributed by atoms with Crippen LogP contribution in [-0.4, -0.2) is 11.8 Å². The van der Waals surface area contributed by atoms with Crippen LogP contribution in [-0.2, 0) is 9.59 Å². The first kappa shape index (κ1) is 13.0. The standard InChI is InChI=1S/C17H14N2O3/c20-16-11-5-1-2-6-12(11)17(21)19(16)15-9-3-8-14-13(15)7-4-10-18(14)22/h3-4,7-10H,1-2,5-6H2. The van der Waals surface area contributed by atoms with Gasteiger partial charge < -0.3 is 5.21 Å². The maximum atomic E-state index is 12.6. The molecule has 0 spiro atoms. The summed E-state index contributed by atoms with van der Waals surface area (Å²) in [5.74, 6) is -0.456. The molecule has 2 heterocycles. The van der Waals surface area contributed by atoms with Crippen LogP contribution in [0.3, 0.4) is 0 Å². The Hall–Kier alpha value is -2.69. The molecular weight excluding hydrogens is 280 g/mol. The minimum atomic E-state index is -0.228. The summed E-state index contributed by atoms with van der Waals surface area (Å²) in [5.41, 5.74) is 2.25. The van der Waals surface area contributed by atoms with Gasteiger partial charge in [-0.25, -0.2) is 4.90 Å². The molecule has 0 bridgehead atoms. The summed E-state index contributed by atoms with van der Waals surface area (Å²) in [7, 11) is 0. The van der Waals surface area contributed by atoms with Gasteiger partial charge in [0.15, 0.2) is 6.20 Å². The Kier molecular flexibility index (Phi) is 2.76. The van der Waals surface area contributed by atoms with Crippen molar-refractivity contribution in [3.63, 3.8) is 0 Å². The number of aromatic nitrogens is 1. The Morgan fingerprint density at radius 2 is 1.64 bits per heavy atom. The highest BCUT2D eigenvalue weighted by atomic mass is 16.5. The number of hydrogen-bond donors (Lipinski definition) is 0. The predicted octanol–water partition coefficient (Wildman–Crippen LogP) is 2.22. The number of nitrogens with zero attached hydrogens (tertiary/aromatic N) is 2. The molecule has 0 saturated carbocycles. The number of carbonyl (C=O) groups is 2. The van der Waals surface area contributed by atoms with Crippen molar-refractivity contribution in [1.82, 2.24) is 0 Å². The molecule has 0 N–H and O–H groups in total. The average molecular weight is 294 g/mol. The minimum Gasteiger partial charge on any atom is -0.618 e. The van der Waals surface area contributed by atoms with Gasteiger partial charge in [0, 0.05) is 23.3 Å². The third-order valence-corrected chi connectivity index (χ3v) is 4.41. The van der Waals surface area contributed by atoms with Gasteiger partial charge in [0.1, 0.15) is 0 Å². The van der Waals surface area contributed by atoms with Crippen molar-refractivity contribution >= 4 is 28.4 Å². The van der Waals surface area contributed by atoms with Crippen molar-refractivity contribution < 1.29 is 14.3 Å². The van der Waals surface area contributed by atoms with Crippen LogP contribution in [0.2, 0.25) is 0 Å². The molecule has 0 fully saturated rings. The fraction of sp³-hybridized carbons (Fsp3) is 0.235. The molecule has 0 atom stereocenters. The van der Waals surface area contributed by atoms with Crippen LogP contribution in [0.15, 0.2) is 47.7 Å². The highest BCUT2D eigenvalue weighted by molar-refractivity contribution is 6.34. The van der Waals surface area contributed by atoms with Gasteiger partial charge in [-0.3, -0.25) is 9.59 Å². The van der Waals surface area contributed by atoms with E-state index in [2.05, 4.69) is 0 Å². The predicted molar refractivity (Wildman–Crippen MR) is 80.9 cm³/mol. The van der Waals surface area contributed by atoms with E-state index in [4.69, 9.17) is 0 Å². The first-order valence-corrected chi connectivity index (χ1v) is 7.40. The summed E-state index contributed by atoms with van der Waals surface area (Å²) in [6.07, 6.45) is 4.64. The molecular formula is C17H14N2O3. The SMILES string of the molecule is O=C1C2=C(CCCC2)C(=O)N1c1cccc2c1ccc[n+]2[O-]. The Labute approximate surface area is 127 Å². The molecule has 1 aliphatic carbocycles. The maximum absolute atomic E-state index is 12.6. The Balaban J connectivity index is 1.89. The number of pyridine rings is 1. The van der Waals surface area contributed by atoms with Gasteiger partial charge in [-0.05, 0) is 37.8 Å². The minimum absolute atomic E-state index is 0.228. The van der Waals surface area contributed by atoms with E-state index >= 15 is 0 Å². The van der Waals surface area contributed by atoms with Crippen LogP contribution in [0.1, 0.15) is 25.7 Å². The Bertz CT molecular complexity index is 826. The molecule has 5 heteroatoms. The Morgan fingerprint density at radius 1 is 0.955 bits per heavy atom. The zero-order chi connectivity index (χ0) is 15.3. The maximum Gasteiger partial charge on any atom is 0.261 e. The second kappa shape index (κ2) is 4.66. The van der Waals surface area contributed by atoms with Gasteiger partial charge >= 0.3 is 0 Å². The van der Waals surface area contributed by atoms with E-state index in [0.29, 0.717) is 40.6 Å². The van der Waals surface area contributed by atoms with Gasteiger partial charge in [-0.15, -0.1) is 0 Å². The van der Waals surface area contributed by atoms with Crippen LogP contribution < -0.4 is 9.63 Å². The number of rotatable bonds is 1. The van der Waals surface area contributed by atoms with Crippen LogP contribution >= 0.6 is 0 Å². The molecule has 2 aliphatic rings. The molecule has 0 saturated heterocycles. The van der Waals surface area contributed by atoms with Crippen LogP contribution in [0.4, 0.5) is 5.69 Å². The second-order valence-corrected chi connectivity index (χ2v) is 5.65. The zero-order valence-corrected chi connectivity index (χ0v) is 11.9. The van der Waals surface area contributed by atoms with Crippen molar-refractivity contribution in [2.24, 2.45) is 0 Å². The molecule has 1 aromatic heterocycles. The third kappa shape index (κ3) is 1.68. The quantitative estimate of drug-likeness (QED) is 0.460. The normalized spacial score (nSPS) is 18.3. The first-order valence-electron chi connectivity index (χ1n) is 7.40. The van der Waals surface area contributed by atoms with Gasteiger partial charge in [0.05, 0.1) is 11.1 Å². The summed E-state index contributed by atoms with van der Waals surface area (Å²) < 4.78 is 0.747. The summed E-state index contributed by atoms with van der Waals surface area (Å²) >= 11 is 0. The fourth-order valence-corrected chi connectivity index (χ4v) is 3.36. The van der Waals surface area contributed by atoms with Crippen molar-refractivity contribution in [2.75, 3.05) is 4.90 Å². The van der Waals surface area contributed by atoms with Crippen LogP contribution in [0.5, 0.6) is 0 Å². The smallest absolute Gasteiger partial charge is 0.261 e. The lowest BCUT2D eigenvalue weighted by molar-refractivity contribution is -0.577. The number of carbonyl (C=O) groups excluding carboxylic acids is 2. The molecule has 0 unspecified atom stereocenters. The number of amides is 2. The highest BCUT2D eigenvalue weighted by Crippen LogP contribution is 2.37. The molecule has 1 aliphatic heterocycles. The molecule has 1 aromatic carbocycles. The Morgan fingerprint density at radius 3 is 2.32 bits per heavy atom. The van der Waals surface area contributed by atoms with Crippen LogP contribution in [0, 0.1) is 5.21 Å². The van der Waals surface area contributed by atoms with E-state index in [0.717, 1.165) is 17.6 Å². The zero-order valence-electron chi connectivity index (χ0n) is 11.9. The van der Waals surface area contributed by atoms with E-state index < -0.39 is 0 Å². The number of anilines is 1. The molecule has 5 nitrogen and oxygen atoms in total. The molecule has 4 rings (SSSR count). The molecule has 110 valence electrons. The summed E-state index contributed by atoms with van der Waals surface area (Å²) in [4.78, 5) is 26.5. The monoisotopic (exact) mass is 294 g/mol. The number of fused-ring (bicyclic) bond motifs is 1. The fourth-order valence-electron chi connectivity index (χ4n) is 3.36. The topological polar surface area (TPSA) is 64.3 Å². The van der Waals surface area contributed by atoms with Crippen molar-refractivity contribution in [1.29, 1.82) is 0 Å². The average Bonchev–Trinajstić information content (AvgIpc) is 2.80. The van der Waals surface area contributed by atoms with E-state index in [1.807, 2.05) is 0 Å². The van der Waals surface area contributed by atoms with Gasteiger partial charge in [-0.1, -0.05) is 6.07 Å². The highest BCUT2D eigenvalue weighted by Gasteiger charge is 2.40. The van der Waals surface area contributed by atoms with Crippen molar-refractivity contribution in [3.05, 3.63) is 52.9 Å². The summed E-state index contributed by atoms with van der Waals surface area (Å²) in [5, 5.41) is 12.5. The molecule has 2 amide bonds. The lowest BCUT2D eigenvalue weighted by atomic mass is 9.93. The first-order chi connectivity index (χ1) is 10.7. The molecule has 2 aromatic rings. The summed E-state index contributed by atoms with van der Waals surface area (Å²) in [6.45, 7) is 0. The van der Waals surface area contributed by atoms with E-state index in [1.165, 1.54) is 11.1 Å². The molecule has 22 heavy (non-hydrogen) atoms. The number of imide groups is 1. The van der Waals surface area contributed by atoms with Gasteiger partial charge in [0.25, 0.3) is 11.8 Å². The van der Waals surface area contributed by atoms with Crippen molar-refractivity contribution in [3.8, 4) is 0 Å². The van der Waals surface area contributed by atoms with Crippen LogP contribution in [0.25, 0.3) is 10.9 Å². The van der Waals surface area contributed by atoms with E-state index in [-0.39, 0.29) is 11.8 Å². The van der Waals surface area contributed by atoms with E-state index in [9.17, 15) is 14.8 Å². The van der Waals surface area contributed by atoms with Gasteiger partial charge in [-0.2, -0.15) is 4.73 Å². The number of benzene rings is 1. The number of hydrogen-bond acceptors (Lipinski definition) is 3. The molecule has 0 radical (unpaired) electrons. The second-order valence-electron chi connectivity index (χ2n) is 5.65. The van der Waals surface area contributed by atoms with Gasteiger partial charge in [0.2, 0.25) is 5.52 Å². The lowest BCUT2D eigenvalue weighted by Gasteiger charge is -2.16. The lowest BCUT2D eigenvalue weighted by Crippen LogP contribution is -2.33. The van der Waals surface area contributed by atoms with E-state index in [1.54, 1.807) is 30.3 Å². The van der Waals surface area contributed by atoms with Crippen molar-refractivity contribution in [2.45, 2.75) is 25.7 Å². The summed E-state index contributed by atoms with van der Waals surface area (Å²) in [6, 6.07) is 8.48. The largest absolute Gasteiger partial charge is 0.618 e.